The Morgan fingerprint density at radius 1 is 1.16 bits per heavy atom. The Hall–Kier alpha value is -2.91. The summed E-state index contributed by atoms with van der Waals surface area (Å²) in [5.41, 5.74) is 4.33. The first-order valence-corrected chi connectivity index (χ1v) is 16.6. The lowest BCUT2D eigenvalue weighted by Crippen LogP contribution is -2.37. The summed E-state index contributed by atoms with van der Waals surface area (Å²) in [6.45, 7) is -1.35. The van der Waals surface area contributed by atoms with Crippen molar-refractivity contribution in [2.75, 3.05) is 26.1 Å². The van der Waals surface area contributed by atoms with E-state index < -0.39 is 74.9 Å². The van der Waals surface area contributed by atoms with Crippen molar-refractivity contribution in [3.8, 4) is 0 Å². The number of rotatable bonds is 14. The molecular formula is C21H25F2N7O12P2S. The molecule has 2 aliphatic rings. The number of ether oxygens (including phenoxy) is 3. The zero-order chi connectivity index (χ0) is 32.3. The summed E-state index contributed by atoms with van der Waals surface area (Å²) < 4.78 is 82.4. The van der Waals surface area contributed by atoms with E-state index in [0.29, 0.717) is 0 Å². The van der Waals surface area contributed by atoms with E-state index in [1.165, 1.54) is 18.0 Å². The molecule has 0 aliphatic carbocycles. The average molecular weight is 699 g/mol. The fourth-order valence-corrected chi connectivity index (χ4v) is 6.46. The van der Waals surface area contributed by atoms with Gasteiger partial charge in [0.1, 0.15) is 38.2 Å². The predicted molar refractivity (Wildman–Crippen MR) is 149 cm³/mol. The third kappa shape index (κ3) is 7.25. The molecular weight excluding hydrogens is 674 g/mol. The van der Waals surface area contributed by atoms with E-state index in [1.54, 1.807) is 0 Å². The molecule has 0 aromatic carbocycles. The van der Waals surface area contributed by atoms with Gasteiger partial charge in [0.05, 0.1) is 26.7 Å². The molecule has 5 rings (SSSR count). The van der Waals surface area contributed by atoms with Crippen LogP contribution in [0.15, 0.2) is 34.5 Å². The zero-order valence-electron chi connectivity index (χ0n) is 22.8. The first kappa shape index (κ1) is 33.5. The van der Waals surface area contributed by atoms with Crippen LogP contribution < -0.4 is 17.0 Å². The first-order chi connectivity index (χ1) is 21.5. The molecule has 0 bridgehead atoms. The average Bonchev–Trinajstić information content (AvgIpc) is 3.65. The largest absolute Gasteiger partial charge is 0.472 e. The summed E-state index contributed by atoms with van der Waals surface area (Å²) in [5.74, 6) is 0.0106. The van der Waals surface area contributed by atoms with Crippen molar-refractivity contribution in [1.29, 1.82) is 0 Å². The van der Waals surface area contributed by atoms with E-state index in [0.717, 1.165) is 34.8 Å². The van der Waals surface area contributed by atoms with E-state index in [9.17, 15) is 23.8 Å². The number of aromatic amines is 1. The predicted octanol–water partition coefficient (Wildman–Crippen LogP) is 0.293. The minimum atomic E-state index is -5.22. The number of nitrogens with zero attached hydrogens (tertiary/aromatic N) is 5. The molecule has 45 heavy (non-hydrogen) atoms. The number of nitrogens with two attached hydrogens (primary N) is 1. The number of aromatic nitrogens is 6. The number of alkyl halides is 2. The van der Waals surface area contributed by atoms with Crippen molar-refractivity contribution >= 4 is 50.9 Å². The van der Waals surface area contributed by atoms with Gasteiger partial charge in [-0.15, -0.1) is 0 Å². The minimum Gasteiger partial charge on any atom is -0.456 e. The van der Waals surface area contributed by atoms with Crippen LogP contribution in [-0.2, 0) is 41.3 Å². The molecule has 0 amide bonds. The quantitative estimate of drug-likeness (QED) is 0.0886. The number of imidazole rings is 1. The van der Waals surface area contributed by atoms with Crippen LogP contribution >= 0.6 is 27.5 Å². The second-order valence-corrected chi connectivity index (χ2v) is 12.7. The van der Waals surface area contributed by atoms with Crippen LogP contribution in [-0.4, -0.2) is 97.5 Å². The molecule has 2 saturated heterocycles. The monoisotopic (exact) mass is 699 g/mol. The Bertz CT molecular complexity index is 1670. The molecule has 0 saturated carbocycles. The Kier molecular flexibility index (Phi) is 10.6. The van der Waals surface area contributed by atoms with Gasteiger partial charge < -0.3 is 33.5 Å². The van der Waals surface area contributed by atoms with E-state index in [4.69, 9.17) is 37.7 Å². The number of phosphoric ester groups is 1. The summed E-state index contributed by atoms with van der Waals surface area (Å²) in [5, 5.41) is 0. The molecule has 246 valence electrons. The zero-order valence-corrected chi connectivity index (χ0v) is 25.5. The van der Waals surface area contributed by atoms with Gasteiger partial charge in [0.2, 0.25) is 0 Å². The molecule has 0 radical (unpaired) electrons. The molecule has 2 fully saturated rings. The van der Waals surface area contributed by atoms with E-state index in [1.807, 2.05) is 4.98 Å². The molecule has 3 aromatic heterocycles. The molecule has 24 heteroatoms. The maximum Gasteiger partial charge on any atom is 0.472 e. The van der Waals surface area contributed by atoms with E-state index >= 15 is 8.78 Å². The number of nitrogens with one attached hydrogen (secondary N) is 1. The van der Waals surface area contributed by atoms with Crippen molar-refractivity contribution < 1.29 is 55.0 Å². The summed E-state index contributed by atoms with van der Waals surface area (Å²) in [6, 6.07) is 0.946. The van der Waals surface area contributed by atoms with Crippen LogP contribution in [0.25, 0.3) is 11.2 Å². The van der Waals surface area contributed by atoms with Gasteiger partial charge >= 0.3 is 13.5 Å². The molecule has 19 nitrogen and oxygen atoms in total. The van der Waals surface area contributed by atoms with E-state index in [2.05, 4.69) is 15.0 Å². The maximum atomic E-state index is 15.7. The van der Waals surface area contributed by atoms with Crippen molar-refractivity contribution in [2.24, 2.45) is 0 Å². The van der Waals surface area contributed by atoms with Crippen LogP contribution in [0.3, 0.4) is 0 Å². The lowest BCUT2D eigenvalue weighted by atomic mass is 10.1. The van der Waals surface area contributed by atoms with Crippen LogP contribution in [0.1, 0.15) is 12.5 Å². The molecule has 4 N–H and O–H groups in total. The van der Waals surface area contributed by atoms with Crippen molar-refractivity contribution in [1.82, 2.24) is 29.1 Å². The number of H-pyrrole nitrogens is 1. The normalized spacial score (nSPS) is 29.9. The van der Waals surface area contributed by atoms with E-state index in [-0.39, 0.29) is 38.1 Å². The number of hydrogen-bond donors (Lipinski definition) is 3. The highest BCUT2D eigenvalue weighted by molar-refractivity contribution is 8.45. The molecule has 2 aliphatic heterocycles. The Balaban J connectivity index is 1.33. The number of hydrogen-bond acceptors (Lipinski definition) is 16. The molecule has 0 spiro atoms. The lowest BCUT2D eigenvalue weighted by Gasteiger charge is -2.24. The minimum absolute atomic E-state index is 0.0106. The molecule has 10 atom stereocenters. The summed E-state index contributed by atoms with van der Waals surface area (Å²) in [7, 11) is -4.04. The highest BCUT2D eigenvalue weighted by atomic mass is 32.7. The number of halogens is 2. The second-order valence-electron chi connectivity index (χ2n) is 9.30. The Morgan fingerprint density at radius 2 is 1.87 bits per heavy atom. The standard InChI is InChI=1S/C21H25F2N7O12P2S/c1-36-45-43-38-4-9-13(23)16(20(40-9)30-7-27-14-17(24)25-6-26-18(14)30)42-44(34,35)39-5-10-12(22)15(37-8-31)19(41-10)29-3-2-11(32)28-21(29)33/h2-3,6-10,12-13,15-16,19-20,43H,4-5H2,1H3,(H,34,35)(H2,24,25,26)(H,28,32,33)/t9-,10-,12-,13-,15-,16-,19-,20-/m1/s1. The SMILES string of the molecule is COSPOC[C@H]1O[C@@H](n2cnc3c(N)ncnc32)[C@H](OP(=O)(O)OC[C@H]2O[C@@H](n3ccc(=O)[nH]c3=O)[C@H](OC=O)[C@@H]2F)[C@@H]1F. The van der Waals surface area contributed by atoms with Crippen molar-refractivity contribution in [3.63, 3.8) is 0 Å². The second kappa shape index (κ2) is 14.2. The van der Waals surface area contributed by atoms with Crippen LogP contribution in [0.2, 0.25) is 0 Å². The maximum absolute atomic E-state index is 15.7. The topological polar surface area (TPSA) is 243 Å². The van der Waals surface area contributed by atoms with Gasteiger partial charge in [0.25, 0.3) is 12.0 Å². The van der Waals surface area contributed by atoms with Gasteiger partial charge in [-0.25, -0.2) is 33.1 Å². The Labute approximate surface area is 256 Å². The van der Waals surface area contributed by atoms with Crippen molar-refractivity contribution in [3.05, 3.63) is 45.8 Å². The summed E-state index contributed by atoms with van der Waals surface area (Å²) in [6.07, 6.45) is -10.4. The van der Waals surface area contributed by atoms with Gasteiger partial charge in [-0.2, -0.15) is 0 Å². The number of fused-ring (bicyclic) bond motifs is 1. The first-order valence-electron chi connectivity index (χ1n) is 12.7. The smallest absolute Gasteiger partial charge is 0.456 e. The van der Waals surface area contributed by atoms with Crippen LogP contribution in [0.4, 0.5) is 14.6 Å². The molecule has 3 aromatic rings. The number of phosphoric acid groups is 1. The lowest BCUT2D eigenvalue weighted by molar-refractivity contribution is -0.141. The number of carbonyl (C=O) groups is 1. The fraction of sp³-hybridized carbons (Fsp3) is 0.524. The van der Waals surface area contributed by atoms with Crippen LogP contribution in [0.5, 0.6) is 0 Å². The van der Waals surface area contributed by atoms with Gasteiger partial charge in [0, 0.05) is 23.9 Å². The van der Waals surface area contributed by atoms with Crippen LogP contribution in [0, 0.1) is 0 Å². The highest BCUT2D eigenvalue weighted by Gasteiger charge is 2.52. The molecule has 2 unspecified atom stereocenters. The van der Waals surface area contributed by atoms with Crippen molar-refractivity contribution in [2.45, 2.75) is 49.2 Å². The van der Waals surface area contributed by atoms with Gasteiger partial charge in [-0.05, 0) is 0 Å². The number of anilines is 1. The summed E-state index contributed by atoms with van der Waals surface area (Å²) >= 11 is 0.968. The third-order valence-corrected chi connectivity index (χ3v) is 9.17. The highest BCUT2D eigenvalue weighted by Crippen LogP contribution is 2.51. The molecule has 5 heterocycles. The Morgan fingerprint density at radius 3 is 2.58 bits per heavy atom. The third-order valence-electron chi connectivity index (χ3n) is 6.61. The number of nitrogen functional groups attached to an aromatic ring is 1. The van der Waals surface area contributed by atoms with Gasteiger partial charge in [-0.3, -0.25) is 32.8 Å². The summed E-state index contributed by atoms with van der Waals surface area (Å²) in [4.78, 5) is 59.2. The van der Waals surface area contributed by atoms with Gasteiger partial charge in [0.15, 0.2) is 42.4 Å². The number of carbonyl (C=O) groups excluding carboxylic acids is 1. The van der Waals surface area contributed by atoms with Gasteiger partial charge in [-0.1, -0.05) is 0 Å². The fourth-order valence-electron chi connectivity index (χ4n) is 4.64.